The number of hydrogen-bond acceptors (Lipinski definition) is 3. The zero-order chi connectivity index (χ0) is 21.4. The van der Waals surface area contributed by atoms with Crippen LogP contribution in [-0.4, -0.2) is 59.9 Å². The highest BCUT2D eigenvalue weighted by Gasteiger charge is 2.35. The van der Waals surface area contributed by atoms with Crippen molar-refractivity contribution in [1.29, 1.82) is 0 Å². The first-order chi connectivity index (χ1) is 13.7. The molecule has 5 heteroatoms. The van der Waals surface area contributed by atoms with Crippen LogP contribution in [0.1, 0.15) is 59.4 Å². The normalized spacial score (nSPS) is 18.1. The third-order valence-corrected chi connectivity index (χ3v) is 5.71. The number of nitrogens with zero attached hydrogens (tertiary/aromatic N) is 2. The highest BCUT2D eigenvalue weighted by atomic mass is 16.2. The second-order valence-corrected chi connectivity index (χ2v) is 9.29. The summed E-state index contributed by atoms with van der Waals surface area (Å²) in [6.45, 7) is 13.7. The molecule has 0 aliphatic carbocycles. The van der Waals surface area contributed by atoms with E-state index in [4.69, 9.17) is 0 Å². The predicted molar refractivity (Wildman–Crippen MR) is 119 cm³/mol. The summed E-state index contributed by atoms with van der Waals surface area (Å²) in [5, 5.41) is 3.17. The van der Waals surface area contributed by atoms with Crippen molar-refractivity contribution in [1.82, 2.24) is 15.1 Å². The fourth-order valence-corrected chi connectivity index (χ4v) is 4.19. The number of hydrogen-bond donors (Lipinski definition) is 1. The summed E-state index contributed by atoms with van der Waals surface area (Å²) in [4.78, 5) is 29.8. The van der Waals surface area contributed by atoms with Crippen molar-refractivity contribution in [2.75, 3.05) is 26.2 Å². The van der Waals surface area contributed by atoms with Gasteiger partial charge in [-0.3, -0.25) is 14.5 Å². The molecule has 2 atom stereocenters. The van der Waals surface area contributed by atoms with Crippen molar-refractivity contribution in [3.8, 4) is 0 Å². The van der Waals surface area contributed by atoms with E-state index in [1.165, 1.54) is 5.56 Å². The molecule has 0 unspecified atom stereocenters. The van der Waals surface area contributed by atoms with Crippen molar-refractivity contribution in [2.45, 2.75) is 72.4 Å². The molecule has 1 aliphatic rings. The molecule has 0 saturated carbocycles. The molecule has 0 spiro atoms. The minimum absolute atomic E-state index is 0.00465. The van der Waals surface area contributed by atoms with Gasteiger partial charge in [-0.15, -0.1) is 0 Å². The van der Waals surface area contributed by atoms with Gasteiger partial charge in [-0.1, -0.05) is 65.0 Å². The molecule has 2 rings (SSSR count). The van der Waals surface area contributed by atoms with Crippen LogP contribution in [0.2, 0.25) is 0 Å². The first-order valence-electron chi connectivity index (χ1n) is 11.1. The second kappa shape index (κ2) is 10.8. The maximum absolute atomic E-state index is 13.0. The summed E-state index contributed by atoms with van der Waals surface area (Å²) >= 11 is 0. The lowest BCUT2D eigenvalue weighted by Gasteiger charge is -2.31. The smallest absolute Gasteiger partial charge is 0.242 e. The van der Waals surface area contributed by atoms with Gasteiger partial charge in [0.2, 0.25) is 11.8 Å². The third kappa shape index (κ3) is 7.14. The molecule has 0 radical (unpaired) electrons. The minimum atomic E-state index is -0.320. The number of amides is 2. The maximum Gasteiger partial charge on any atom is 0.242 e. The Labute approximate surface area is 176 Å². The highest BCUT2D eigenvalue weighted by molar-refractivity contribution is 5.88. The quantitative estimate of drug-likeness (QED) is 0.689. The summed E-state index contributed by atoms with van der Waals surface area (Å²) < 4.78 is 0. The summed E-state index contributed by atoms with van der Waals surface area (Å²) in [5.41, 5.74) is 1.21. The molecule has 1 heterocycles. The Morgan fingerprint density at radius 2 is 1.83 bits per heavy atom. The number of likely N-dealkylation sites (tertiary alicyclic amines) is 1. The van der Waals surface area contributed by atoms with Gasteiger partial charge in [-0.2, -0.15) is 0 Å². The molecule has 1 saturated heterocycles. The van der Waals surface area contributed by atoms with Crippen LogP contribution in [0.25, 0.3) is 0 Å². The topological polar surface area (TPSA) is 52.7 Å². The van der Waals surface area contributed by atoms with Gasteiger partial charge in [0.25, 0.3) is 0 Å². The van der Waals surface area contributed by atoms with Gasteiger partial charge in [-0.05, 0) is 43.3 Å². The van der Waals surface area contributed by atoms with Crippen molar-refractivity contribution < 1.29 is 9.59 Å². The van der Waals surface area contributed by atoms with E-state index in [9.17, 15) is 9.59 Å². The number of likely N-dealkylation sites (N-methyl/N-ethyl adjacent to an activating group) is 1. The maximum atomic E-state index is 13.0. The zero-order valence-corrected chi connectivity index (χ0v) is 18.9. The Morgan fingerprint density at radius 1 is 1.17 bits per heavy atom. The molecular formula is C24H39N3O2. The summed E-state index contributed by atoms with van der Waals surface area (Å²) in [7, 11) is 0. The minimum Gasteiger partial charge on any atom is -0.353 e. The van der Waals surface area contributed by atoms with Gasteiger partial charge in [0.15, 0.2) is 0 Å². The highest BCUT2D eigenvalue weighted by Crippen LogP contribution is 2.25. The lowest BCUT2D eigenvalue weighted by Crippen LogP contribution is -2.51. The van der Waals surface area contributed by atoms with Gasteiger partial charge in [0.05, 0.1) is 0 Å². The van der Waals surface area contributed by atoms with Crippen LogP contribution in [0.3, 0.4) is 0 Å². The van der Waals surface area contributed by atoms with Crippen LogP contribution >= 0.6 is 0 Å². The van der Waals surface area contributed by atoms with E-state index < -0.39 is 0 Å². The Balaban J connectivity index is 2.00. The van der Waals surface area contributed by atoms with E-state index in [1.807, 2.05) is 6.07 Å². The SMILES string of the molecule is CCN(CC)[C@H](CNC(=O)[C@@H]1CCCN1C(=O)CC(C)(C)C)Cc1ccccc1. The van der Waals surface area contributed by atoms with E-state index in [1.54, 1.807) is 4.90 Å². The molecule has 29 heavy (non-hydrogen) atoms. The lowest BCUT2D eigenvalue weighted by molar-refractivity contribution is -0.139. The van der Waals surface area contributed by atoms with Gasteiger partial charge in [-0.25, -0.2) is 0 Å². The molecule has 1 fully saturated rings. The van der Waals surface area contributed by atoms with Gasteiger partial charge in [0.1, 0.15) is 6.04 Å². The molecule has 0 aromatic heterocycles. The summed E-state index contributed by atoms with van der Waals surface area (Å²) in [6.07, 6.45) is 3.04. The van der Waals surface area contributed by atoms with Crippen molar-refractivity contribution in [3.05, 3.63) is 35.9 Å². The van der Waals surface area contributed by atoms with Gasteiger partial charge >= 0.3 is 0 Å². The number of benzene rings is 1. The lowest BCUT2D eigenvalue weighted by atomic mass is 9.91. The molecule has 1 aromatic carbocycles. The molecule has 1 aliphatic heterocycles. The monoisotopic (exact) mass is 401 g/mol. The van der Waals surface area contributed by atoms with Crippen molar-refractivity contribution >= 4 is 11.8 Å². The largest absolute Gasteiger partial charge is 0.353 e. The number of carbonyl (C=O) groups excluding carboxylic acids is 2. The van der Waals surface area contributed by atoms with Gasteiger partial charge < -0.3 is 10.2 Å². The van der Waals surface area contributed by atoms with Crippen LogP contribution in [0.5, 0.6) is 0 Å². The molecule has 2 amide bonds. The summed E-state index contributed by atoms with van der Waals surface area (Å²) in [5.74, 6) is 0.0923. The predicted octanol–water partition coefficient (Wildman–Crippen LogP) is 3.48. The Bertz CT molecular complexity index is 650. The molecule has 0 bridgehead atoms. The van der Waals surface area contributed by atoms with Crippen LogP contribution in [-0.2, 0) is 16.0 Å². The van der Waals surface area contributed by atoms with Crippen molar-refractivity contribution in [2.24, 2.45) is 5.41 Å². The number of carbonyl (C=O) groups is 2. The average Bonchev–Trinajstić information content (AvgIpc) is 3.16. The molecule has 5 nitrogen and oxygen atoms in total. The van der Waals surface area contributed by atoms with Crippen molar-refractivity contribution in [3.63, 3.8) is 0 Å². The summed E-state index contributed by atoms with van der Waals surface area (Å²) in [6, 6.07) is 10.4. The average molecular weight is 402 g/mol. The zero-order valence-electron chi connectivity index (χ0n) is 18.9. The molecule has 162 valence electrons. The Hall–Kier alpha value is -1.88. The van der Waals surface area contributed by atoms with Crippen LogP contribution < -0.4 is 5.32 Å². The number of nitrogens with one attached hydrogen (secondary N) is 1. The first-order valence-corrected chi connectivity index (χ1v) is 11.1. The van der Waals surface area contributed by atoms with E-state index >= 15 is 0 Å². The van der Waals surface area contributed by atoms with Crippen LogP contribution in [0.4, 0.5) is 0 Å². The Morgan fingerprint density at radius 3 is 2.41 bits per heavy atom. The molecule has 1 N–H and O–H groups in total. The van der Waals surface area contributed by atoms with Crippen LogP contribution in [0, 0.1) is 5.41 Å². The fraction of sp³-hybridized carbons (Fsp3) is 0.667. The second-order valence-electron chi connectivity index (χ2n) is 9.29. The Kier molecular flexibility index (Phi) is 8.69. The van der Waals surface area contributed by atoms with E-state index in [-0.39, 0.29) is 29.3 Å². The molecular weight excluding hydrogens is 362 g/mol. The third-order valence-electron chi connectivity index (χ3n) is 5.71. The van der Waals surface area contributed by atoms with Crippen LogP contribution in [0.15, 0.2) is 30.3 Å². The molecule has 1 aromatic rings. The number of rotatable bonds is 9. The first kappa shape index (κ1) is 23.4. The van der Waals surface area contributed by atoms with Gasteiger partial charge in [0, 0.05) is 25.6 Å². The fourth-order valence-electron chi connectivity index (χ4n) is 4.19. The standard InChI is InChI=1S/C24H39N3O2/c1-6-26(7-2)20(16-19-12-9-8-10-13-19)18-25-23(29)21-14-11-15-27(21)22(28)17-24(3,4)5/h8-10,12-13,20-21H,6-7,11,14-18H2,1-5H3,(H,25,29)/t20-,21-/m0/s1. The van der Waals surface area contributed by atoms with E-state index in [0.717, 1.165) is 32.4 Å². The van der Waals surface area contributed by atoms with E-state index in [0.29, 0.717) is 19.5 Å². The van der Waals surface area contributed by atoms with E-state index in [2.05, 4.69) is 69.1 Å².